The maximum absolute atomic E-state index is 11.5. The summed E-state index contributed by atoms with van der Waals surface area (Å²) >= 11 is 0. The van der Waals surface area contributed by atoms with Crippen LogP contribution in [0.25, 0.3) is 0 Å². The Bertz CT molecular complexity index is 204. The third-order valence-electron chi connectivity index (χ3n) is 2.89. The van der Waals surface area contributed by atoms with Gasteiger partial charge in [-0.15, -0.1) is 0 Å². The third kappa shape index (κ3) is 6.08. The van der Waals surface area contributed by atoms with Crippen molar-refractivity contribution in [1.29, 1.82) is 0 Å². The summed E-state index contributed by atoms with van der Waals surface area (Å²) in [6, 6.07) is 0.163. The summed E-state index contributed by atoms with van der Waals surface area (Å²) in [4.78, 5) is 13.8. The zero-order chi connectivity index (χ0) is 12.7. The number of nitrogens with two attached hydrogens (primary N) is 1. The summed E-state index contributed by atoms with van der Waals surface area (Å²) in [6.45, 7) is 9.93. The minimum atomic E-state index is -0.386. The number of nitrogens with one attached hydrogen (secondary N) is 1. The molecule has 4 heteroatoms. The van der Waals surface area contributed by atoms with Gasteiger partial charge >= 0.3 is 0 Å². The van der Waals surface area contributed by atoms with Crippen LogP contribution in [0, 0.1) is 5.92 Å². The predicted octanol–water partition coefficient (Wildman–Crippen LogP) is 0.816. The number of nitrogens with zero attached hydrogens (tertiary/aromatic N) is 1. The number of hydrogen-bond acceptors (Lipinski definition) is 3. The Morgan fingerprint density at radius 2 is 1.88 bits per heavy atom. The maximum Gasteiger partial charge on any atom is 0.237 e. The highest BCUT2D eigenvalue weighted by Crippen LogP contribution is 1.98. The largest absolute Gasteiger partial charge is 0.355 e. The fourth-order valence-electron chi connectivity index (χ4n) is 1.22. The van der Waals surface area contributed by atoms with E-state index in [-0.39, 0.29) is 17.9 Å². The Morgan fingerprint density at radius 1 is 1.31 bits per heavy atom. The SMILES string of the molecule is CC(C)[C@H](N)C(=O)NCCCN(C)C(C)C. The van der Waals surface area contributed by atoms with E-state index in [0.717, 1.165) is 13.0 Å². The molecule has 0 aliphatic rings. The first kappa shape index (κ1) is 15.4. The first-order valence-electron chi connectivity index (χ1n) is 6.09. The van der Waals surface area contributed by atoms with Crippen molar-refractivity contribution in [2.24, 2.45) is 11.7 Å². The van der Waals surface area contributed by atoms with Gasteiger partial charge in [-0.05, 0) is 39.8 Å². The van der Waals surface area contributed by atoms with Crippen molar-refractivity contribution in [3.05, 3.63) is 0 Å². The highest BCUT2D eigenvalue weighted by Gasteiger charge is 2.16. The molecule has 0 heterocycles. The van der Waals surface area contributed by atoms with E-state index in [9.17, 15) is 4.79 Å². The third-order valence-corrected chi connectivity index (χ3v) is 2.89. The quantitative estimate of drug-likeness (QED) is 0.635. The van der Waals surface area contributed by atoms with Gasteiger partial charge in [-0.3, -0.25) is 4.79 Å². The molecule has 1 atom stereocenters. The van der Waals surface area contributed by atoms with Crippen LogP contribution in [0.15, 0.2) is 0 Å². The van der Waals surface area contributed by atoms with Crippen LogP contribution in [0.1, 0.15) is 34.1 Å². The molecule has 0 fully saturated rings. The normalized spacial score (nSPS) is 13.6. The first-order valence-corrected chi connectivity index (χ1v) is 6.09. The maximum atomic E-state index is 11.5. The summed E-state index contributed by atoms with van der Waals surface area (Å²) in [5.41, 5.74) is 5.73. The zero-order valence-corrected chi connectivity index (χ0v) is 11.3. The van der Waals surface area contributed by atoms with E-state index in [0.29, 0.717) is 12.6 Å². The van der Waals surface area contributed by atoms with Crippen LogP contribution >= 0.6 is 0 Å². The highest BCUT2D eigenvalue weighted by molar-refractivity contribution is 5.81. The van der Waals surface area contributed by atoms with Gasteiger partial charge in [0.25, 0.3) is 0 Å². The lowest BCUT2D eigenvalue weighted by molar-refractivity contribution is -0.123. The van der Waals surface area contributed by atoms with Crippen LogP contribution in [-0.2, 0) is 4.79 Å². The van der Waals surface area contributed by atoms with E-state index in [1.54, 1.807) is 0 Å². The lowest BCUT2D eigenvalue weighted by atomic mass is 10.1. The second-order valence-corrected chi connectivity index (χ2v) is 4.99. The molecule has 0 aromatic heterocycles. The molecule has 0 aromatic rings. The molecule has 96 valence electrons. The summed E-state index contributed by atoms with van der Waals surface area (Å²) in [5.74, 6) is 0.153. The smallest absolute Gasteiger partial charge is 0.237 e. The molecular weight excluding hydrogens is 202 g/mol. The van der Waals surface area contributed by atoms with Crippen LogP contribution in [0.5, 0.6) is 0 Å². The van der Waals surface area contributed by atoms with Crippen LogP contribution in [0.3, 0.4) is 0 Å². The van der Waals surface area contributed by atoms with Crippen molar-refractivity contribution in [2.75, 3.05) is 20.1 Å². The molecule has 0 saturated carbocycles. The monoisotopic (exact) mass is 229 g/mol. The van der Waals surface area contributed by atoms with E-state index < -0.39 is 0 Å². The molecule has 0 aliphatic carbocycles. The zero-order valence-electron chi connectivity index (χ0n) is 11.3. The standard InChI is InChI=1S/C12H27N3O/c1-9(2)11(13)12(16)14-7-6-8-15(5)10(3)4/h9-11H,6-8,13H2,1-5H3,(H,14,16)/t11-/m0/s1. The summed E-state index contributed by atoms with van der Waals surface area (Å²) < 4.78 is 0. The van der Waals surface area contributed by atoms with Gasteiger partial charge in [-0.2, -0.15) is 0 Å². The van der Waals surface area contributed by atoms with Crippen molar-refractivity contribution in [2.45, 2.75) is 46.2 Å². The molecule has 4 nitrogen and oxygen atoms in total. The second kappa shape index (κ2) is 7.63. The van der Waals surface area contributed by atoms with Crippen LogP contribution in [0.2, 0.25) is 0 Å². The molecule has 0 saturated heterocycles. The van der Waals surface area contributed by atoms with Gasteiger partial charge in [0.2, 0.25) is 5.91 Å². The molecule has 0 unspecified atom stereocenters. The van der Waals surface area contributed by atoms with Crippen molar-refractivity contribution >= 4 is 5.91 Å². The molecule has 0 aromatic carbocycles. The molecule has 0 radical (unpaired) electrons. The lowest BCUT2D eigenvalue weighted by Gasteiger charge is -2.21. The Balaban J connectivity index is 3.63. The number of carbonyl (C=O) groups is 1. The number of rotatable bonds is 7. The van der Waals surface area contributed by atoms with E-state index in [1.807, 2.05) is 13.8 Å². The average Bonchev–Trinajstić information content (AvgIpc) is 2.22. The summed E-state index contributed by atoms with van der Waals surface area (Å²) in [5, 5.41) is 2.87. The molecule has 0 bridgehead atoms. The molecule has 0 aliphatic heterocycles. The molecule has 16 heavy (non-hydrogen) atoms. The van der Waals surface area contributed by atoms with E-state index in [1.165, 1.54) is 0 Å². The molecule has 0 spiro atoms. The Morgan fingerprint density at radius 3 is 2.31 bits per heavy atom. The van der Waals surface area contributed by atoms with E-state index in [4.69, 9.17) is 5.73 Å². The highest BCUT2D eigenvalue weighted by atomic mass is 16.2. The van der Waals surface area contributed by atoms with Crippen LogP contribution in [0.4, 0.5) is 0 Å². The van der Waals surface area contributed by atoms with Gasteiger partial charge < -0.3 is 16.0 Å². The van der Waals surface area contributed by atoms with Crippen LogP contribution in [-0.4, -0.2) is 43.0 Å². The van der Waals surface area contributed by atoms with E-state index in [2.05, 4.69) is 31.1 Å². The van der Waals surface area contributed by atoms with E-state index >= 15 is 0 Å². The van der Waals surface area contributed by atoms with Crippen LogP contribution < -0.4 is 11.1 Å². The molecular formula is C12H27N3O. The van der Waals surface area contributed by atoms with Gasteiger partial charge in [0.05, 0.1) is 6.04 Å². The van der Waals surface area contributed by atoms with Gasteiger partial charge in [0.15, 0.2) is 0 Å². The number of amides is 1. The number of hydrogen-bond donors (Lipinski definition) is 2. The molecule has 0 rings (SSSR count). The molecule has 1 amide bonds. The Labute approximate surface area is 99.6 Å². The number of carbonyl (C=O) groups excluding carboxylic acids is 1. The van der Waals surface area contributed by atoms with Gasteiger partial charge in [-0.25, -0.2) is 0 Å². The lowest BCUT2D eigenvalue weighted by Crippen LogP contribution is -2.44. The fourth-order valence-corrected chi connectivity index (χ4v) is 1.22. The summed E-state index contributed by atoms with van der Waals surface area (Å²) in [7, 11) is 2.09. The van der Waals surface area contributed by atoms with Crippen molar-refractivity contribution in [3.8, 4) is 0 Å². The fraction of sp³-hybridized carbons (Fsp3) is 0.917. The Hall–Kier alpha value is -0.610. The van der Waals surface area contributed by atoms with Gasteiger partial charge in [0.1, 0.15) is 0 Å². The van der Waals surface area contributed by atoms with Crippen molar-refractivity contribution in [3.63, 3.8) is 0 Å². The molecule has 3 N–H and O–H groups in total. The minimum Gasteiger partial charge on any atom is -0.355 e. The van der Waals surface area contributed by atoms with Crippen molar-refractivity contribution in [1.82, 2.24) is 10.2 Å². The second-order valence-electron chi connectivity index (χ2n) is 4.99. The van der Waals surface area contributed by atoms with Gasteiger partial charge in [-0.1, -0.05) is 13.8 Å². The summed E-state index contributed by atoms with van der Waals surface area (Å²) in [6.07, 6.45) is 0.964. The topological polar surface area (TPSA) is 58.4 Å². The van der Waals surface area contributed by atoms with Crippen molar-refractivity contribution < 1.29 is 4.79 Å². The predicted molar refractivity (Wildman–Crippen MR) is 68.2 cm³/mol. The Kier molecular flexibility index (Phi) is 7.34. The average molecular weight is 229 g/mol. The van der Waals surface area contributed by atoms with Gasteiger partial charge in [0, 0.05) is 12.6 Å². The minimum absolute atomic E-state index is 0.0396. The first-order chi connectivity index (χ1) is 7.36.